The van der Waals surface area contributed by atoms with Crippen LogP contribution in [-0.4, -0.2) is 74.3 Å². The number of hydrogen-bond acceptors (Lipinski definition) is 6. The number of hydrogen-bond donors (Lipinski definition) is 2. The molecule has 0 saturated heterocycles. The number of allylic oxidation sites excluding steroid dienone is 7. The zero-order valence-electron chi connectivity index (χ0n) is 51.0. The van der Waals surface area contributed by atoms with Gasteiger partial charge in [0.1, 0.15) is 19.3 Å². The van der Waals surface area contributed by atoms with Crippen LogP contribution in [0.25, 0.3) is 0 Å². The lowest BCUT2D eigenvalue weighted by Crippen LogP contribution is -2.47. The minimum absolute atomic E-state index is 0.0419. The van der Waals surface area contributed by atoms with Gasteiger partial charge in [-0.05, 0) is 70.3 Å². The third-order valence-corrected chi connectivity index (χ3v) is 15.5. The van der Waals surface area contributed by atoms with Gasteiger partial charge in [-0.3, -0.25) is 18.6 Å². The molecule has 0 aromatic carbocycles. The van der Waals surface area contributed by atoms with E-state index < -0.39 is 20.0 Å². The van der Waals surface area contributed by atoms with Crippen molar-refractivity contribution in [2.75, 3.05) is 40.9 Å². The summed E-state index contributed by atoms with van der Waals surface area (Å²) >= 11 is 0. The summed E-state index contributed by atoms with van der Waals surface area (Å²) in [6.45, 7) is 7.00. The van der Waals surface area contributed by atoms with Gasteiger partial charge in [0.25, 0.3) is 0 Å². The highest BCUT2D eigenvalue weighted by Crippen LogP contribution is 2.43. The smallest absolute Gasteiger partial charge is 0.456 e. The van der Waals surface area contributed by atoms with Crippen molar-refractivity contribution >= 4 is 19.7 Å². The minimum Gasteiger partial charge on any atom is -0.456 e. The number of carbonyl (C=O) groups excluding carboxylic acids is 2. The molecule has 0 fully saturated rings. The van der Waals surface area contributed by atoms with Crippen LogP contribution in [-0.2, 0) is 27.9 Å². The van der Waals surface area contributed by atoms with Gasteiger partial charge in [0, 0.05) is 12.8 Å². The average Bonchev–Trinajstić information content (AvgIpc) is 3.38. The Bertz CT molecular complexity index is 1440. The van der Waals surface area contributed by atoms with E-state index in [9.17, 15) is 19.0 Å². The molecule has 0 spiro atoms. The molecule has 0 saturated carbocycles. The van der Waals surface area contributed by atoms with Crippen LogP contribution in [0.5, 0.6) is 0 Å². The maximum Gasteiger partial charge on any atom is 0.472 e. The van der Waals surface area contributed by atoms with Crippen molar-refractivity contribution in [2.45, 2.75) is 322 Å². The van der Waals surface area contributed by atoms with Crippen molar-refractivity contribution < 1.29 is 37.3 Å². The van der Waals surface area contributed by atoms with E-state index in [4.69, 9.17) is 13.8 Å². The van der Waals surface area contributed by atoms with E-state index in [1.165, 1.54) is 205 Å². The molecule has 0 aromatic rings. The van der Waals surface area contributed by atoms with Crippen LogP contribution >= 0.6 is 7.82 Å². The summed E-state index contributed by atoms with van der Waals surface area (Å²) in [6, 6.07) is -0.844. The maximum absolute atomic E-state index is 13.6. The van der Waals surface area contributed by atoms with Gasteiger partial charge in [-0.2, -0.15) is 0 Å². The van der Waals surface area contributed by atoms with Gasteiger partial charge in [-0.1, -0.05) is 275 Å². The molecule has 3 atom stereocenters. The van der Waals surface area contributed by atoms with E-state index in [2.05, 4.69) is 62.5 Å². The highest BCUT2D eigenvalue weighted by atomic mass is 31.2. The Hall–Kier alpha value is -2.03. The highest BCUT2D eigenvalue weighted by Gasteiger charge is 2.30. The first-order chi connectivity index (χ1) is 36.9. The normalized spacial score (nSPS) is 13.9. The minimum atomic E-state index is -4.44. The number of amides is 1. The number of esters is 1. The number of nitrogens with zero attached hydrogens (tertiary/aromatic N) is 1. The molecule has 0 aliphatic carbocycles. The van der Waals surface area contributed by atoms with Crippen LogP contribution in [0, 0.1) is 0 Å². The summed E-state index contributed by atoms with van der Waals surface area (Å²) in [5.41, 5.74) is 0. The van der Waals surface area contributed by atoms with Gasteiger partial charge in [0.2, 0.25) is 5.91 Å². The van der Waals surface area contributed by atoms with Crippen molar-refractivity contribution in [1.29, 1.82) is 0 Å². The maximum atomic E-state index is 13.6. The SMILES string of the molecule is CCCCC/C=C\C/C=C\C/C=C\CCCCCCCCCCCCCCCCC(=O)NC(COP(=O)(O)OCC[N+](C)(C)C)C(/C=C\CCCCCCCCCCCC)OC(=O)CCCCCCCCCCCCC. The Morgan fingerprint density at radius 2 is 0.803 bits per heavy atom. The molecule has 9 nitrogen and oxygen atoms in total. The largest absolute Gasteiger partial charge is 0.472 e. The topological polar surface area (TPSA) is 111 Å². The predicted octanol–water partition coefficient (Wildman–Crippen LogP) is 20.1. The predicted molar refractivity (Wildman–Crippen MR) is 328 cm³/mol. The lowest BCUT2D eigenvalue weighted by molar-refractivity contribution is -0.870. The zero-order chi connectivity index (χ0) is 55.7. The third-order valence-electron chi connectivity index (χ3n) is 14.5. The standard InChI is InChI=1S/C66H125N2O7P/c1-7-10-13-16-19-22-25-27-28-29-30-31-32-33-34-35-36-37-38-39-40-41-44-46-49-52-55-58-65(69)67-63(62-74-76(71,72)73-61-60-68(4,5)6)64(57-54-51-48-45-43-26-23-20-17-14-11-8-2)75-66(70)59-56-53-50-47-42-24-21-18-15-12-9-3/h19,22,27-28,30-31,54,57,63-64H,7-18,20-21,23-26,29,32-53,55-56,58-62H2,1-6H3,(H-,67,69,71,72)/p+1/b22-19-,28-27-,31-30-,57-54-. The number of unbranched alkanes of at least 4 members (excludes halogenated alkanes) is 37. The second-order valence-electron chi connectivity index (χ2n) is 23.3. The molecule has 3 unspecified atom stereocenters. The summed E-state index contributed by atoms with van der Waals surface area (Å²) in [6.07, 6.45) is 69.7. The van der Waals surface area contributed by atoms with E-state index >= 15 is 0 Å². The molecule has 10 heteroatoms. The summed E-state index contributed by atoms with van der Waals surface area (Å²) in [4.78, 5) is 37.7. The lowest BCUT2D eigenvalue weighted by Gasteiger charge is -2.27. The summed E-state index contributed by atoms with van der Waals surface area (Å²) in [5, 5.41) is 3.06. The summed E-state index contributed by atoms with van der Waals surface area (Å²) < 4.78 is 30.7. The van der Waals surface area contributed by atoms with Gasteiger partial charge in [0.05, 0.1) is 33.8 Å². The van der Waals surface area contributed by atoms with Crippen LogP contribution in [0.4, 0.5) is 0 Å². The lowest BCUT2D eigenvalue weighted by atomic mass is 10.0. The first kappa shape index (κ1) is 74.0. The number of likely N-dealkylation sites (N-methyl/N-ethyl adjacent to an activating group) is 1. The van der Waals surface area contributed by atoms with Crippen molar-refractivity contribution in [3.05, 3.63) is 48.6 Å². The van der Waals surface area contributed by atoms with Gasteiger partial charge in [0.15, 0.2) is 0 Å². The molecule has 0 heterocycles. The summed E-state index contributed by atoms with van der Waals surface area (Å²) in [7, 11) is 1.51. The molecule has 0 radical (unpaired) electrons. The molecule has 446 valence electrons. The number of nitrogens with one attached hydrogen (secondary N) is 1. The Balaban J connectivity index is 4.98. The Labute approximate surface area is 471 Å². The van der Waals surface area contributed by atoms with Crippen LogP contribution in [0.3, 0.4) is 0 Å². The van der Waals surface area contributed by atoms with Gasteiger partial charge in [-0.25, -0.2) is 4.57 Å². The molecular formula is C66H126N2O7P+. The molecule has 0 aliphatic heterocycles. The number of phosphoric acid groups is 1. The molecule has 2 N–H and O–H groups in total. The number of phosphoric ester groups is 1. The van der Waals surface area contributed by atoms with E-state index in [0.717, 1.165) is 70.6 Å². The van der Waals surface area contributed by atoms with Crippen molar-refractivity contribution in [3.8, 4) is 0 Å². The first-order valence-corrected chi connectivity index (χ1v) is 34.0. The first-order valence-electron chi connectivity index (χ1n) is 32.5. The Kier molecular flexibility index (Phi) is 54.7. The van der Waals surface area contributed by atoms with Crippen molar-refractivity contribution in [2.24, 2.45) is 0 Å². The second-order valence-corrected chi connectivity index (χ2v) is 24.7. The monoisotopic (exact) mass is 1090 g/mol. The second kappa shape index (κ2) is 56.3. The van der Waals surface area contributed by atoms with Crippen molar-refractivity contribution in [3.63, 3.8) is 0 Å². The van der Waals surface area contributed by atoms with Crippen LogP contribution in [0.1, 0.15) is 310 Å². The van der Waals surface area contributed by atoms with E-state index in [0.29, 0.717) is 23.9 Å². The Morgan fingerprint density at radius 1 is 0.461 bits per heavy atom. The van der Waals surface area contributed by atoms with Gasteiger partial charge in [-0.15, -0.1) is 0 Å². The van der Waals surface area contributed by atoms with Crippen LogP contribution in [0.15, 0.2) is 48.6 Å². The fourth-order valence-corrected chi connectivity index (χ4v) is 10.2. The van der Waals surface area contributed by atoms with Gasteiger partial charge < -0.3 is 19.4 Å². The molecular weight excluding hydrogens is 964 g/mol. The van der Waals surface area contributed by atoms with Crippen molar-refractivity contribution in [1.82, 2.24) is 5.32 Å². The average molecular weight is 1090 g/mol. The third kappa shape index (κ3) is 56.7. The molecule has 76 heavy (non-hydrogen) atoms. The Morgan fingerprint density at radius 3 is 1.22 bits per heavy atom. The molecule has 1 amide bonds. The zero-order valence-corrected chi connectivity index (χ0v) is 51.9. The molecule has 0 aromatic heterocycles. The quantitative estimate of drug-likeness (QED) is 0.0205. The number of carbonyl (C=O) groups is 2. The van der Waals surface area contributed by atoms with E-state index in [1.807, 2.05) is 33.3 Å². The number of rotatable bonds is 59. The molecule has 0 bridgehead atoms. The van der Waals surface area contributed by atoms with E-state index in [1.54, 1.807) is 0 Å². The highest BCUT2D eigenvalue weighted by molar-refractivity contribution is 7.47. The van der Waals surface area contributed by atoms with E-state index in [-0.39, 0.29) is 25.1 Å². The fraction of sp³-hybridized carbons (Fsp3) is 0.848. The molecule has 0 rings (SSSR count). The van der Waals surface area contributed by atoms with Crippen LogP contribution in [0.2, 0.25) is 0 Å². The fourth-order valence-electron chi connectivity index (χ4n) is 9.48. The molecule has 0 aliphatic rings. The van der Waals surface area contributed by atoms with Gasteiger partial charge >= 0.3 is 13.8 Å². The summed E-state index contributed by atoms with van der Waals surface area (Å²) in [5.74, 6) is -0.495. The number of quaternary nitrogens is 1. The number of ether oxygens (including phenoxy) is 1. The van der Waals surface area contributed by atoms with Crippen LogP contribution < -0.4 is 5.32 Å².